The van der Waals surface area contributed by atoms with E-state index in [4.69, 9.17) is 9.79 Å². The van der Waals surface area contributed by atoms with Gasteiger partial charge in [-0.2, -0.15) is 0 Å². The maximum absolute atomic E-state index is 11.1. The van der Waals surface area contributed by atoms with Crippen molar-refractivity contribution in [2.24, 2.45) is 0 Å². The van der Waals surface area contributed by atoms with Crippen LogP contribution in [0.15, 0.2) is 0 Å². The molecule has 0 heterocycles. The van der Waals surface area contributed by atoms with Crippen molar-refractivity contribution in [3.05, 3.63) is 0 Å². The van der Waals surface area contributed by atoms with Crippen LogP contribution in [-0.2, 0) is 4.57 Å². The van der Waals surface area contributed by atoms with Gasteiger partial charge in [-0.25, -0.2) is 0 Å². The lowest BCUT2D eigenvalue weighted by Gasteiger charge is -2.29. The van der Waals surface area contributed by atoms with Crippen LogP contribution in [0.5, 0.6) is 0 Å². The molecule has 0 rings (SSSR count). The first-order valence-corrected chi connectivity index (χ1v) is 12.9. The minimum atomic E-state index is -3.91. The Bertz CT molecular complexity index is 355. The molecule has 0 bridgehead atoms. The van der Waals surface area contributed by atoms with E-state index in [9.17, 15) is 4.57 Å². The second-order valence-electron chi connectivity index (χ2n) is 8.77. The normalized spacial score (nSPS) is 12.7. The van der Waals surface area contributed by atoms with Crippen molar-refractivity contribution >= 4 is 7.60 Å². The second-order valence-corrected chi connectivity index (χ2v) is 10.4. The number of unbranched alkanes of at least 4 members (excludes halogenated alkanes) is 15. The summed E-state index contributed by atoms with van der Waals surface area (Å²) in [6.07, 6.45) is 21.6. The third-order valence-corrected chi connectivity index (χ3v) is 6.32. The molecular formula is C21H47NO3P+. The first kappa shape index (κ1) is 26.1. The number of hydrogen-bond donors (Lipinski definition) is 2. The smallest absolute Gasteiger partial charge is 0.321 e. The molecule has 5 heteroatoms. The zero-order valence-corrected chi connectivity index (χ0v) is 18.8. The Balaban J connectivity index is 3.26. The molecule has 0 saturated heterocycles. The maximum atomic E-state index is 11.1. The molecule has 0 atom stereocenters. The van der Waals surface area contributed by atoms with Gasteiger partial charge in [0, 0.05) is 0 Å². The predicted molar refractivity (Wildman–Crippen MR) is 113 cm³/mol. The molecule has 0 radical (unpaired) electrons. The van der Waals surface area contributed by atoms with Gasteiger partial charge in [-0.1, -0.05) is 96.8 Å². The van der Waals surface area contributed by atoms with Gasteiger partial charge in [-0.15, -0.1) is 0 Å². The average molecular weight is 393 g/mol. The first-order chi connectivity index (χ1) is 12.3. The molecule has 0 fully saturated rings. The molecule has 0 spiro atoms. The quantitative estimate of drug-likeness (QED) is 0.151. The lowest BCUT2D eigenvalue weighted by Crippen LogP contribution is -2.41. The van der Waals surface area contributed by atoms with Gasteiger partial charge in [0.1, 0.15) is 0 Å². The van der Waals surface area contributed by atoms with Crippen LogP contribution in [0.4, 0.5) is 0 Å². The van der Waals surface area contributed by atoms with Gasteiger partial charge in [0.05, 0.1) is 20.6 Å². The standard InChI is InChI=1S/C21H46NO3P/c1-4-5-6-7-8-9-10-11-12-13-14-15-16-17-18-19-20-22(2,3)21-26(23,24)25/h4-21H2,1-3H3,(H-,23,24,25)/p+1. The zero-order chi connectivity index (χ0) is 19.7. The fourth-order valence-electron chi connectivity index (χ4n) is 3.66. The third-order valence-electron chi connectivity index (χ3n) is 5.18. The van der Waals surface area contributed by atoms with Crippen molar-refractivity contribution in [3.63, 3.8) is 0 Å². The minimum absolute atomic E-state index is 0.0499. The maximum Gasteiger partial charge on any atom is 0.379 e. The Labute approximate surface area is 163 Å². The van der Waals surface area contributed by atoms with Crippen molar-refractivity contribution in [3.8, 4) is 0 Å². The summed E-state index contributed by atoms with van der Waals surface area (Å²) >= 11 is 0. The van der Waals surface area contributed by atoms with Gasteiger partial charge < -0.3 is 14.3 Å². The van der Waals surface area contributed by atoms with Crippen molar-refractivity contribution in [1.29, 1.82) is 0 Å². The van der Waals surface area contributed by atoms with E-state index in [1.54, 1.807) is 0 Å². The molecule has 0 aromatic rings. The van der Waals surface area contributed by atoms with E-state index in [1.165, 1.54) is 96.3 Å². The van der Waals surface area contributed by atoms with E-state index in [2.05, 4.69) is 6.92 Å². The van der Waals surface area contributed by atoms with Gasteiger partial charge >= 0.3 is 7.60 Å². The molecule has 0 aromatic carbocycles. The first-order valence-electron chi connectivity index (χ1n) is 11.1. The van der Waals surface area contributed by atoms with Crippen LogP contribution in [0.1, 0.15) is 110 Å². The van der Waals surface area contributed by atoms with Crippen molar-refractivity contribution < 1.29 is 18.8 Å². The highest BCUT2D eigenvalue weighted by molar-refractivity contribution is 7.51. The molecule has 26 heavy (non-hydrogen) atoms. The van der Waals surface area contributed by atoms with Crippen LogP contribution in [0, 0.1) is 0 Å². The summed E-state index contributed by atoms with van der Waals surface area (Å²) in [6.45, 7) is 3.12. The molecule has 0 saturated carbocycles. The molecule has 4 nitrogen and oxygen atoms in total. The Hall–Kier alpha value is 0.110. The van der Waals surface area contributed by atoms with Gasteiger partial charge in [-0.05, 0) is 12.8 Å². The summed E-state index contributed by atoms with van der Waals surface area (Å²) < 4.78 is 11.5. The Morgan fingerprint density at radius 3 is 1.23 bits per heavy atom. The summed E-state index contributed by atoms with van der Waals surface area (Å²) in [4.78, 5) is 18.2. The van der Waals surface area contributed by atoms with E-state index in [0.29, 0.717) is 4.48 Å². The number of rotatable bonds is 19. The van der Waals surface area contributed by atoms with Crippen LogP contribution in [0.3, 0.4) is 0 Å². The Morgan fingerprint density at radius 2 is 0.923 bits per heavy atom. The molecule has 0 aliphatic heterocycles. The van der Waals surface area contributed by atoms with Gasteiger partial charge in [0.2, 0.25) is 0 Å². The Morgan fingerprint density at radius 1 is 0.615 bits per heavy atom. The van der Waals surface area contributed by atoms with E-state index in [-0.39, 0.29) is 6.29 Å². The number of quaternary nitrogens is 1. The molecule has 0 aliphatic carbocycles. The highest BCUT2D eigenvalue weighted by Gasteiger charge is 2.26. The van der Waals surface area contributed by atoms with E-state index in [0.717, 1.165) is 13.0 Å². The fourth-order valence-corrected chi connectivity index (χ4v) is 4.80. The number of nitrogens with zero attached hydrogens (tertiary/aromatic N) is 1. The summed E-state index contributed by atoms with van der Waals surface area (Å²) in [5, 5.41) is 0. The van der Waals surface area contributed by atoms with Crippen molar-refractivity contribution in [1.82, 2.24) is 0 Å². The summed E-state index contributed by atoms with van der Waals surface area (Å²) in [7, 11) is -0.0922. The minimum Gasteiger partial charge on any atom is -0.321 e. The van der Waals surface area contributed by atoms with Crippen molar-refractivity contribution in [2.75, 3.05) is 26.9 Å². The third kappa shape index (κ3) is 20.4. The van der Waals surface area contributed by atoms with Crippen LogP contribution < -0.4 is 0 Å². The largest absolute Gasteiger partial charge is 0.379 e. The molecule has 0 amide bonds. The van der Waals surface area contributed by atoms with Crippen LogP contribution in [-0.4, -0.2) is 41.2 Å². The summed E-state index contributed by atoms with van der Waals surface area (Å²) in [5.74, 6) is 0. The Kier molecular flexibility index (Phi) is 16.2. The molecule has 158 valence electrons. The SMILES string of the molecule is CCCCCCCCCCCCCCCCCC[N+](C)(C)CP(=O)(O)O. The molecular weight excluding hydrogens is 345 g/mol. The van der Waals surface area contributed by atoms with Gasteiger partial charge in [-0.3, -0.25) is 4.57 Å². The van der Waals surface area contributed by atoms with Crippen LogP contribution in [0.2, 0.25) is 0 Å². The molecule has 0 aliphatic rings. The average Bonchev–Trinajstić information content (AvgIpc) is 2.52. The van der Waals surface area contributed by atoms with E-state index < -0.39 is 7.60 Å². The highest BCUT2D eigenvalue weighted by Crippen LogP contribution is 2.36. The van der Waals surface area contributed by atoms with Gasteiger partial charge in [0.15, 0.2) is 6.29 Å². The molecule has 2 N–H and O–H groups in total. The molecule has 0 aromatic heterocycles. The monoisotopic (exact) mass is 392 g/mol. The lowest BCUT2D eigenvalue weighted by atomic mass is 10.0. The number of hydrogen-bond acceptors (Lipinski definition) is 1. The summed E-state index contributed by atoms with van der Waals surface area (Å²) in [6, 6.07) is 0. The van der Waals surface area contributed by atoms with Crippen LogP contribution in [0.25, 0.3) is 0 Å². The van der Waals surface area contributed by atoms with Gasteiger partial charge in [0.25, 0.3) is 0 Å². The van der Waals surface area contributed by atoms with Crippen molar-refractivity contribution in [2.45, 2.75) is 110 Å². The predicted octanol–water partition coefficient (Wildman–Crippen LogP) is 6.46. The lowest BCUT2D eigenvalue weighted by molar-refractivity contribution is -0.880. The zero-order valence-electron chi connectivity index (χ0n) is 17.9. The van der Waals surface area contributed by atoms with E-state index >= 15 is 0 Å². The topological polar surface area (TPSA) is 57.5 Å². The molecule has 0 unspecified atom stereocenters. The summed E-state index contributed by atoms with van der Waals surface area (Å²) in [5.41, 5.74) is 0. The van der Waals surface area contributed by atoms with E-state index in [1.807, 2.05) is 14.1 Å². The van der Waals surface area contributed by atoms with Crippen LogP contribution >= 0.6 is 7.60 Å². The fraction of sp³-hybridized carbons (Fsp3) is 1.00. The highest BCUT2D eigenvalue weighted by atomic mass is 31.2. The second kappa shape index (κ2) is 16.1.